The molecule has 0 spiro atoms. The molecule has 0 heterocycles. The third kappa shape index (κ3) is 6.32. The summed E-state index contributed by atoms with van der Waals surface area (Å²) in [6.45, 7) is 1.26. The Morgan fingerprint density at radius 2 is 1.60 bits per heavy atom. The summed E-state index contributed by atoms with van der Waals surface area (Å²) in [6, 6.07) is 14.7. The Morgan fingerprint density at radius 1 is 1.00 bits per heavy atom. The van der Waals surface area contributed by atoms with E-state index in [4.69, 9.17) is 0 Å². The number of nitrogens with one attached hydrogen (secondary N) is 1. The van der Waals surface area contributed by atoms with Crippen LogP contribution < -0.4 is 5.32 Å². The third-order valence-corrected chi connectivity index (χ3v) is 4.55. The minimum atomic E-state index is -3.08. The van der Waals surface area contributed by atoms with E-state index in [-0.39, 0.29) is 11.7 Å². The van der Waals surface area contributed by atoms with Gasteiger partial charge in [-0.25, -0.2) is 8.42 Å². The van der Waals surface area contributed by atoms with Gasteiger partial charge >= 0.3 is 0 Å². The Balaban J connectivity index is 2.01. The first kappa shape index (κ1) is 19.1. The lowest BCUT2D eigenvalue weighted by atomic mass is 10.1. The highest BCUT2D eigenvalue weighted by Gasteiger charge is 2.09. The average molecular weight is 360 g/mol. The van der Waals surface area contributed by atoms with E-state index < -0.39 is 9.84 Å². The molecular formula is C19H24N2O3S. The van der Waals surface area contributed by atoms with Gasteiger partial charge in [-0.3, -0.25) is 4.79 Å². The van der Waals surface area contributed by atoms with Gasteiger partial charge in [0, 0.05) is 24.9 Å². The Morgan fingerprint density at radius 3 is 2.16 bits per heavy atom. The van der Waals surface area contributed by atoms with Crippen LogP contribution in [0.5, 0.6) is 0 Å². The van der Waals surface area contributed by atoms with Gasteiger partial charge in [-0.2, -0.15) is 0 Å². The van der Waals surface area contributed by atoms with Gasteiger partial charge in [0.2, 0.25) is 0 Å². The summed E-state index contributed by atoms with van der Waals surface area (Å²) in [7, 11) is 0.939. The molecule has 1 N–H and O–H groups in total. The number of amides is 1. The second kappa shape index (κ2) is 8.27. The van der Waals surface area contributed by atoms with Crippen molar-refractivity contribution in [3.63, 3.8) is 0 Å². The first-order valence-electron chi connectivity index (χ1n) is 8.01. The number of hydrogen-bond acceptors (Lipinski definition) is 4. The van der Waals surface area contributed by atoms with Crippen LogP contribution in [0.25, 0.3) is 0 Å². The molecule has 2 aromatic rings. The summed E-state index contributed by atoms with van der Waals surface area (Å²) in [5.74, 6) is -0.196. The number of carbonyl (C=O) groups excluding carboxylic acids is 1. The Bertz CT molecular complexity index is 828. The quantitative estimate of drug-likeness (QED) is 0.822. The summed E-state index contributed by atoms with van der Waals surface area (Å²) in [4.78, 5) is 14.4. The summed E-state index contributed by atoms with van der Waals surface area (Å²) in [5.41, 5.74) is 3.45. The van der Waals surface area contributed by atoms with E-state index >= 15 is 0 Å². The van der Waals surface area contributed by atoms with Crippen molar-refractivity contribution in [2.75, 3.05) is 20.4 Å². The van der Waals surface area contributed by atoms with Crippen LogP contribution in [0, 0.1) is 0 Å². The predicted molar refractivity (Wildman–Crippen MR) is 100.0 cm³/mol. The van der Waals surface area contributed by atoms with E-state index in [1.165, 1.54) is 11.8 Å². The molecule has 0 unspecified atom stereocenters. The van der Waals surface area contributed by atoms with E-state index in [0.717, 1.165) is 12.1 Å². The molecule has 0 bridgehead atoms. The molecule has 0 saturated carbocycles. The van der Waals surface area contributed by atoms with Gasteiger partial charge in [0.15, 0.2) is 9.84 Å². The standard InChI is InChI=1S/C19H24N2O3S/c1-21(2)13-18-7-5-4-6-17(18)12-20-19(22)16-10-8-15(9-11-16)14-25(3,23)24/h4-11H,12-14H2,1-3H3,(H,20,22). The molecule has 0 aliphatic rings. The van der Waals surface area contributed by atoms with Crippen LogP contribution >= 0.6 is 0 Å². The smallest absolute Gasteiger partial charge is 0.251 e. The van der Waals surface area contributed by atoms with Gasteiger partial charge in [0.25, 0.3) is 5.91 Å². The van der Waals surface area contributed by atoms with Gasteiger partial charge in [-0.15, -0.1) is 0 Å². The molecule has 0 aliphatic carbocycles. The van der Waals surface area contributed by atoms with Crippen molar-refractivity contribution in [2.45, 2.75) is 18.8 Å². The van der Waals surface area contributed by atoms with E-state index in [1.807, 2.05) is 32.3 Å². The number of carbonyl (C=O) groups is 1. The molecule has 0 atom stereocenters. The fourth-order valence-corrected chi connectivity index (χ4v) is 3.36. The van der Waals surface area contributed by atoms with E-state index in [0.29, 0.717) is 17.7 Å². The highest BCUT2D eigenvalue weighted by atomic mass is 32.2. The molecule has 134 valence electrons. The molecule has 0 aliphatic heterocycles. The molecule has 6 heteroatoms. The van der Waals surface area contributed by atoms with Crippen molar-refractivity contribution in [2.24, 2.45) is 0 Å². The lowest BCUT2D eigenvalue weighted by Gasteiger charge is -2.14. The van der Waals surface area contributed by atoms with E-state index in [2.05, 4.69) is 16.3 Å². The zero-order valence-electron chi connectivity index (χ0n) is 14.8. The number of hydrogen-bond donors (Lipinski definition) is 1. The van der Waals surface area contributed by atoms with Crippen LogP contribution in [0.4, 0.5) is 0 Å². The van der Waals surface area contributed by atoms with Gasteiger partial charge in [-0.1, -0.05) is 36.4 Å². The predicted octanol–water partition coefficient (Wildman–Crippen LogP) is 2.22. The maximum Gasteiger partial charge on any atom is 0.251 e. The summed E-state index contributed by atoms with van der Waals surface area (Å²) < 4.78 is 22.6. The zero-order valence-corrected chi connectivity index (χ0v) is 15.6. The Hall–Kier alpha value is -2.18. The molecule has 0 saturated heterocycles. The number of nitrogens with zero attached hydrogens (tertiary/aromatic N) is 1. The molecular weight excluding hydrogens is 336 g/mol. The minimum absolute atomic E-state index is 0.0210. The molecule has 2 rings (SSSR count). The van der Waals surface area contributed by atoms with E-state index in [1.54, 1.807) is 24.3 Å². The molecule has 5 nitrogen and oxygen atoms in total. The molecule has 0 radical (unpaired) electrons. The Kier molecular flexibility index (Phi) is 6.33. The summed E-state index contributed by atoms with van der Waals surface area (Å²) in [5, 5.41) is 2.92. The van der Waals surface area contributed by atoms with Crippen molar-refractivity contribution in [3.05, 3.63) is 70.8 Å². The van der Waals surface area contributed by atoms with Gasteiger partial charge in [-0.05, 0) is 42.9 Å². The molecule has 0 fully saturated rings. The molecule has 2 aromatic carbocycles. The largest absolute Gasteiger partial charge is 0.348 e. The second-order valence-electron chi connectivity index (χ2n) is 6.46. The minimum Gasteiger partial charge on any atom is -0.348 e. The Labute approximate surface area is 149 Å². The fourth-order valence-electron chi connectivity index (χ4n) is 2.56. The van der Waals surface area contributed by atoms with Crippen molar-refractivity contribution < 1.29 is 13.2 Å². The van der Waals surface area contributed by atoms with Crippen molar-refractivity contribution in [3.8, 4) is 0 Å². The van der Waals surface area contributed by atoms with Crippen LogP contribution in [-0.4, -0.2) is 39.6 Å². The third-order valence-electron chi connectivity index (χ3n) is 3.69. The topological polar surface area (TPSA) is 66.5 Å². The van der Waals surface area contributed by atoms with Gasteiger partial charge in [0.05, 0.1) is 5.75 Å². The fraction of sp³-hybridized carbons (Fsp3) is 0.316. The number of sulfone groups is 1. The summed E-state index contributed by atoms with van der Waals surface area (Å²) in [6.07, 6.45) is 1.19. The second-order valence-corrected chi connectivity index (χ2v) is 8.60. The van der Waals surface area contributed by atoms with Crippen LogP contribution in [0.3, 0.4) is 0 Å². The monoisotopic (exact) mass is 360 g/mol. The summed E-state index contributed by atoms with van der Waals surface area (Å²) >= 11 is 0. The van der Waals surface area contributed by atoms with Gasteiger partial charge in [0.1, 0.15) is 0 Å². The number of rotatable bonds is 7. The molecule has 0 aromatic heterocycles. The first-order chi connectivity index (χ1) is 11.7. The van der Waals surface area contributed by atoms with Crippen LogP contribution in [0.2, 0.25) is 0 Å². The highest BCUT2D eigenvalue weighted by Crippen LogP contribution is 2.12. The SMILES string of the molecule is CN(C)Cc1ccccc1CNC(=O)c1ccc(CS(C)(=O)=O)cc1. The first-order valence-corrected chi connectivity index (χ1v) is 10.1. The molecule has 1 amide bonds. The van der Waals surface area contributed by atoms with Crippen LogP contribution in [0.15, 0.2) is 48.5 Å². The van der Waals surface area contributed by atoms with Crippen molar-refractivity contribution >= 4 is 15.7 Å². The lowest BCUT2D eigenvalue weighted by molar-refractivity contribution is 0.0951. The maximum absolute atomic E-state index is 12.3. The number of benzene rings is 2. The maximum atomic E-state index is 12.3. The normalized spacial score (nSPS) is 11.5. The van der Waals surface area contributed by atoms with Crippen molar-refractivity contribution in [1.82, 2.24) is 10.2 Å². The van der Waals surface area contributed by atoms with Crippen molar-refractivity contribution in [1.29, 1.82) is 0 Å². The lowest BCUT2D eigenvalue weighted by Crippen LogP contribution is -2.24. The van der Waals surface area contributed by atoms with Crippen LogP contribution in [-0.2, 0) is 28.7 Å². The highest BCUT2D eigenvalue weighted by molar-refractivity contribution is 7.89. The van der Waals surface area contributed by atoms with Crippen LogP contribution in [0.1, 0.15) is 27.0 Å². The molecule has 25 heavy (non-hydrogen) atoms. The van der Waals surface area contributed by atoms with E-state index in [9.17, 15) is 13.2 Å². The average Bonchev–Trinajstić information content (AvgIpc) is 2.52. The zero-order chi connectivity index (χ0) is 18.4. The van der Waals surface area contributed by atoms with Gasteiger partial charge < -0.3 is 10.2 Å².